The van der Waals surface area contributed by atoms with Crippen molar-refractivity contribution in [1.82, 2.24) is 14.5 Å². The normalized spacial score (nSPS) is 18.8. The van der Waals surface area contributed by atoms with Crippen LogP contribution in [0.2, 0.25) is 5.04 Å². The van der Waals surface area contributed by atoms with Crippen molar-refractivity contribution in [1.29, 1.82) is 0 Å². The van der Waals surface area contributed by atoms with E-state index in [1.165, 1.54) is 10.8 Å². The third-order valence-electron chi connectivity index (χ3n) is 8.11. The molecule has 5 rings (SSSR count). The van der Waals surface area contributed by atoms with E-state index >= 15 is 0 Å². The molecule has 4 N–H and O–H groups in total. The highest BCUT2D eigenvalue weighted by Crippen LogP contribution is 2.38. The van der Waals surface area contributed by atoms with E-state index in [0.29, 0.717) is 0 Å². The first-order chi connectivity index (χ1) is 21.7. The molecule has 2 aromatic heterocycles. The van der Waals surface area contributed by atoms with Crippen molar-refractivity contribution in [3.05, 3.63) is 82.8 Å². The highest BCUT2D eigenvalue weighted by Gasteiger charge is 2.51. The summed E-state index contributed by atoms with van der Waals surface area (Å²) in [5.74, 6) is 3.20. The van der Waals surface area contributed by atoms with Crippen LogP contribution < -0.4 is 21.7 Å². The van der Waals surface area contributed by atoms with Crippen molar-refractivity contribution in [3.8, 4) is 11.8 Å². The number of rotatable bonds is 8. The number of H-pyrrole nitrogens is 1. The number of nitrogen functional groups attached to an aromatic ring is 1. The Bertz CT molecular complexity index is 1790. The third kappa shape index (κ3) is 6.52. The van der Waals surface area contributed by atoms with Crippen molar-refractivity contribution in [2.75, 3.05) is 12.3 Å². The molecular weight excluding hydrogens is 617 g/mol. The van der Waals surface area contributed by atoms with Gasteiger partial charge in [-0.15, -0.1) is 0 Å². The molecule has 3 unspecified atom stereocenters. The maximum atomic E-state index is 12.9. The number of Topliss-reactive ketones (excluding diaryl/α,β-unsaturated/α-hetero) is 1. The highest BCUT2D eigenvalue weighted by atomic mass is 28.4. The van der Waals surface area contributed by atoms with E-state index in [1.807, 2.05) is 36.4 Å². The summed E-state index contributed by atoms with van der Waals surface area (Å²) in [5.41, 5.74) is 5.55. The average Bonchev–Trinajstić information content (AvgIpc) is 3.55. The monoisotopic (exact) mass is 652 g/mol. The minimum absolute atomic E-state index is 0.0638. The number of alkyl halides is 3. The number of aromatic amines is 1. The van der Waals surface area contributed by atoms with Crippen LogP contribution in [-0.4, -0.2) is 58.7 Å². The molecule has 4 aromatic rings. The topological polar surface area (TPSA) is 132 Å². The lowest BCUT2D eigenvalue weighted by Gasteiger charge is -2.43. The van der Waals surface area contributed by atoms with Gasteiger partial charge in [0.2, 0.25) is 11.7 Å². The summed E-state index contributed by atoms with van der Waals surface area (Å²) in [7, 11) is -2.93. The molecule has 2 aromatic carbocycles. The van der Waals surface area contributed by atoms with Crippen LogP contribution in [0.5, 0.6) is 0 Å². The molecule has 1 fully saturated rings. The fourth-order valence-corrected chi connectivity index (χ4v) is 10.5. The fourth-order valence-electron chi connectivity index (χ4n) is 5.97. The fraction of sp³-hybridized carbons (Fsp3) is 0.364. The zero-order chi connectivity index (χ0) is 33.3. The number of aliphatic hydroxyl groups excluding tert-OH is 1. The minimum Gasteiger partial charge on any atom is -0.405 e. The summed E-state index contributed by atoms with van der Waals surface area (Å²) in [6.07, 6.45) is -6.90. The Labute approximate surface area is 264 Å². The van der Waals surface area contributed by atoms with Gasteiger partial charge in [-0.1, -0.05) is 93.3 Å². The molecule has 1 saturated heterocycles. The number of carbonyl (C=O) groups is 1. The number of carbonyl (C=O) groups excluding carboxylic acids is 1. The molecule has 0 aliphatic carbocycles. The Hall–Kier alpha value is -4.22. The first-order valence-electron chi connectivity index (χ1n) is 14.8. The van der Waals surface area contributed by atoms with E-state index in [4.69, 9.17) is 14.9 Å². The second kappa shape index (κ2) is 12.9. The Balaban J connectivity index is 1.44. The van der Waals surface area contributed by atoms with Crippen molar-refractivity contribution < 1.29 is 32.2 Å². The first-order valence-corrected chi connectivity index (χ1v) is 16.7. The smallest absolute Gasteiger partial charge is 0.405 e. The molecule has 9 nitrogen and oxygen atoms in total. The summed E-state index contributed by atoms with van der Waals surface area (Å²) < 4.78 is 52.6. The standard InChI is InChI=1S/C33H35F3N4O5Si/c1-32(2,3)46(22-13-6-4-7-14-22,23-15-8-5-9-16-23)44-20-25-24(41)18-27(45-25)40-19-21(12-10-11-17-26(42)33(34,35)36)28-29(40)38-31(37)39-30(28)43/h4-9,13-16,19,24-25,27,41H,11,17-18,20H2,1-3H3,(H3,37,38,39,43). The van der Waals surface area contributed by atoms with Gasteiger partial charge in [0, 0.05) is 25.5 Å². The number of hydrogen-bond donors (Lipinski definition) is 3. The van der Waals surface area contributed by atoms with E-state index in [1.54, 1.807) is 0 Å². The SMILES string of the molecule is CC(C)(C)[Si](OCC1OC(n2cc(C#CCCC(=O)C(F)(F)F)c3c(=O)[nH]c(N)nc32)CC1O)(c1ccccc1)c1ccccc1. The highest BCUT2D eigenvalue weighted by molar-refractivity contribution is 6.99. The number of halogens is 3. The second-order valence-corrected chi connectivity index (χ2v) is 16.5. The Kier molecular flexibility index (Phi) is 9.28. The van der Waals surface area contributed by atoms with E-state index in [9.17, 15) is 27.9 Å². The van der Waals surface area contributed by atoms with Crippen molar-refractivity contribution in [3.63, 3.8) is 0 Å². The number of anilines is 1. The van der Waals surface area contributed by atoms with Crippen LogP contribution in [0.15, 0.2) is 71.7 Å². The van der Waals surface area contributed by atoms with Gasteiger partial charge in [-0.05, 0) is 15.4 Å². The number of nitrogens with two attached hydrogens (primary N) is 1. The molecule has 1 aliphatic heterocycles. The molecular formula is C33H35F3N4O5Si. The number of ketones is 1. The molecule has 0 saturated carbocycles. The molecule has 13 heteroatoms. The van der Waals surface area contributed by atoms with E-state index in [2.05, 4.69) is 66.8 Å². The summed E-state index contributed by atoms with van der Waals surface area (Å²) in [4.78, 5) is 30.8. The van der Waals surface area contributed by atoms with Crippen LogP contribution in [-0.2, 0) is 14.0 Å². The number of nitrogens with zero attached hydrogens (tertiary/aromatic N) is 2. The van der Waals surface area contributed by atoms with Crippen LogP contribution in [0.25, 0.3) is 11.0 Å². The second-order valence-electron chi connectivity index (χ2n) is 12.2. The Morgan fingerprint density at radius 3 is 2.30 bits per heavy atom. The number of hydrogen-bond acceptors (Lipinski definition) is 7. The summed E-state index contributed by atoms with van der Waals surface area (Å²) >= 11 is 0. The van der Waals surface area contributed by atoms with E-state index < -0.39 is 50.7 Å². The average molecular weight is 653 g/mol. The summed E-state index contributed by atoms with van der Waals surface area (Å²) in [6.45, 7) is 6.53. The number of nitrogens with one attached hydrogen (secondary N) is 1. The molecule has 3 atom stereocenters. The van der Waals surface area contributed by atoms with Crippen molar-refractivity contribution in [2.45, 2.75) is 69.7 Å². The van der Waals surface area contributed by atoms with E-state index in [0.717, 1.165) is 10.4 Å². The van der Waals surface area contributed by atoms with Crippen molar-refractivity contribution in [2.24, 2.45) is 0 Å². The number of ether oxygens (including phenoxy) is 1. The molecule has 0 spiro atoms. The van der Waals surface area contributed by atoms with Crippen LogP contribution in [0.4, 0.5) is 19.1 Å². The Morgan fingerprint density at radius 2 is 1.74 bits per heavy atom. The predicted molar refractivity (Wildman–Crippen MR) is 170 cm³/mol. The lowest BCUT2D eigenvalue weighted by molar-refractivity contribution is -0.170. The summed E-state index contributed by atoms with van der Waals surface area (Å²) in [5, 5.41) is 13.1. The number of fused-ring (bicyclic) bond motifs is 1. The van der Waals surface area contributed by atoms with Crippen LogP contribution >= 0.6 is 0 Å². The lowest BCUT2D eigenvalue weighted by atomic mass is 10.2. The summed E-state index contributed by atoms with van der Waals surface area (Å²) in [6, 6.07) is 20.1. The molecule has 1 aliphatic rings. The minimum atomic E-state index is -4.94. The quantitative estimate of drug-likeness (QED) is 0.195. The lowest BCUT2D eigenvalue weighted by Crippen LogP contribution is -2.67. The zero-order valence-corrected chi connectivity index (χ0v) is 26.6. The van der Waals surface area contributed by atoms with Gasteiger partial charge in [-0.3, -0.25) is 14.6 Å². The number of benzene rings is 2. The van der Waals surface area contributed by atoms with Crippen molar-refractivity contribution >= 4 is 41.5 Å². The third-order valence-corrected chi connectivity index (χ3v) is 13.1. The predicted octanol–water partition coefficient (Wildman–Crippen LogP) is 3.79. The molecule has 242 valence electrons. The van der Waals surface area contributed by atoms with Gasteiger partial charge in [0.05, 0.1) is 23.7 Å². The number of aliphatic hydroxyl groups is 1. The largest absolute Gasteiger partial charge is 0.450 e. The van der Waals surface area contributed by atoms with Gasteiger partial charge in [0.1, 0.15) is 12.3 Å². The van der Waals surface area contributed by atoms with Gasteiger partial charge in [0.25, 0.3) is 13.9 Å². The Morgan fingerprint density at radius 1 is 1.13 bits per heavy atom. The maximum Gasteiger partial charge on any atom is 0.450 e. The maximum absolute atomic E-state index is 12.9. The van der Waals surface area contributed by atoms with Gasteiger partial charge in [-0.2, -0.15) is 18.2 Å². The number of aromatic nitrogens is 3. The van der Waals surface area contributed by atoms with Gasteiger partial charge < -0.3 is 24.6 Å². The molecule has 0 amide bonds. The molecule has 0 bridgehead atoms. The van der Waals surface area contributed by atoms with Gasteiger partial charge in [0.15, 0.2) is 5.65 Å². The van der Waals surface area contributed by atoms with Crippen LogP contribution in [0.1, 0.15) is 51.8 Å². The molecule has 3 heterocycles. The van der Waals surface area contributed by atoms with Crippen LogP contribution in [0.3, 0.4) is 0 Å². The van der Waals surface area contributed by atoms with Gasteiger partial charge in [-0.25, -0.2) is 0 Å². The molecule has 0 radical (unpaired) electrons. The zero-order valence-electron chi connectivity index (χ0n) is 25.6. The van der Waals surface area contributed by atoms with Gasteiger partial charge >= 0.3 is 6.18 Å². The van der Waals surface area contributed by atoms with E-state index in [-0.39, 0.29) is 47.0 Å². The first kappa shape index (κ1) is 33.1. The van der Waals surface area contributed by atoms with Crippen LogP contribution in [0, 0.1) is 11.8 Å². The molecule has 46 heavy (non-hydrogen) atoms.